The van der Waals surface area contributed by atoms with Crippen molar-refractivity contribution in [2.45, 2.75) is 50.9 Å². The molecule has 0 radical (unpaired) electrons. The quantitative estimate of drug-likeness (QED) is 0.489. The SMILES string of the molecule is CC1(C)CN(C(=O)c2ccc3c(c2)CN(C2CCC(=O)NC2=O)C3=O)CCN1C(c1ccccc1)c1ccccc1. The largest absolute Gasteiger partial charge is 0.336 e. The van der Waals surface area contributed by atoms with Crippen molar-refractivity contribution in [3.8, 4) is 0 Å². The van der Waals surface area contributed by atoms with E-state index >= 15 is 0 Å². The molecule has 3 aliphatic heterocycles. The molecule has 41 heavy (non-hydrogen) atoms. The summed E-state index contributed by atoms with van der Waals surface area (Å²) in [5.41, 5.74) is 3.90. The zero-order valence-electron chi connectivity index (χ0n) is 23.4. The van der Waals surface area contributed by atoms with Crippen molar-refractivity contribution in [1.82, 2.24) is 20.0 Å². The molecular weight excluding hydrogens is 516 g/mol. The lowest BCUT2D eigenvalue weighted by Crippen LogP contribution is -2.61. The predicted octanol–water partition coefficient (Wildman–Crippen LogP) is 3.77. The van der Waals surface area contributed by atoms with E-state index in [4.69, 9.17) is 0 Å². The minimum absolute atomic E-state index is 0.0638. The maximum absolute atomic E-state index is 13.8. The molecule has 3 aromatic carbocycles. The van der Waals surface area contributed by atoms with E-state index in [2.05, 4.69) is 72.6 Å². The van der Waals surface area contributed by atoms with Crippen LogP contribution in [0.4, 0.5) is 0 Å². The number of nitrogens with one attached hydrogen (secondary N) is 1. The molecule has 2 saturated heterocycles. The van der Waals surface area contributed by atoms with Crippen LogP contribution in [0.25, 0.3) is 0 Å². The normalized spacial score (nSPS) is 20.8. The number of piperazine rings is 1. The minimum atomic E-state index is -0.678. The Morgan fingerprint density at radius 1 is 0.902 bits per heavy atom. The van der Waals surface area contributed by atoms with Crippen molar-refractivity contribution in [2.24, 2.45) is 0 Å². The number of nitrogens with zero attached hydrogens (tertiary/aromatic N) is 3. The molecule has 3 aromatic rings. The fourth-order valence-corrected chi connectivity index (χ4v) is 6.53. The van der Waals surface area contributed by atoms with Gasteiger partial charge in [-0.1, -0.05) is 60.7 Å². The smallest absolute Gasteiger partial charge is 0.255 e. The van der Waals surface area contributed by atoms with Crippen LogP contribution in [0.1, 0.15) is 70.1 Å². The summed E-state index contributed by atoms with van der Waals surface area (Å²) in [5, 5.41) is 2.33. The molecule has 0 aromatic heterocycles. The highest BCUT2D eigenvalue weighted by molar-refractivity contribution is 6.06. The van der Waals surface area contributed by atoms with E-state index in [0.717, 1.165) is 5.56 Å². The molecule has 8 nitrogen and oxygen atoms in total. The van der Waals surface area contributed by atoms with Crippen molar-refractivity contribution in [3.05, 3.63) is 107 Å². The van der Waals surface area contributed by atoms with Crippen LogP contribution in [-0.4, -0.2) is 69.5 Å². The number of fused-ring (bicyclic) bond motifs is 1. The van der Waals surface area contributed by atoms with E-state index in [-0.39, 0.29) is 42.3 Å². The monoisotopic (exact) mass is 550 g/mol. The molecular formula is C33H34N4O4. The Labute approximate surface area is 239 Å². The van der Waals surface area contributed by atoms with Crippen molar-refractivity contribution in [1.29, 1.82) is 0 Å². The highest BCUT2D eigenvalue weighted by Gasteiger charge is 2.42. The van der Waals surface area contributed by atoms with Crippen LogP contribution in [0.15, 0.2) is 78.9 Å². The van der Waals surface area contributed by atoms with Gasteiger partial charge in [0.15, 0.2) is 0 Å². The van der Waals surface area contributed by atoms with Gasteiger partial charge in [-0.15, -0.1) is 0 Å². The third-order valence-electron chi connectivity index (χ3n) is 8.57. The average Bonchev–Trinajstić information content (AvgIpc) is 3.29. The van der Waals surface area contributed by atoms with Gasteiger partial charge in [0, 0.05) is 49.3 Å². The Kier molecular flexibility index (Phi) is 6.95. The summed E-state index contributed by atoms with van der Waals surface area (Å²) < 4.78 is 0. The molecule has 0 aliphatic carbocycles. The van der Waals surface area contributed by atoms with E-state index < -0.39 is 11.9 Å². The number of carbonyl (C=O) groups is 4. The molecule has 1 atom stereocenters. The van der Waals surface area contributed by atoms with Crippen LogP contribution in [0.2, 0.25) is 0 Å². The lowest BCUT2D eigenvalue weighted by atomic mass is 9.89. The number of imide groups is 1. The first-order valence-corrected chi connectivity index (χ1v) is 14.2. The maximum Gasteiger partial charge on any atom is 0.255 e. The molecule has 1 unspecified atom stereocenters. The number of rotatable bonds is 5. The molecule has 0 spiro atoms. The van der Waals surface area contributed by atoms with Gasteiger partial charge in [-0.25, -0.2) is 0 Å². The van der Waals surface area contributed by atoms with Gasteiger partial charge in [-0.3, -0.25) is 29.4 Å². The van der Waals surface area contributed by atoms with Crippen molar-refractivity contribution >= 4 is 23.6 Å². The third-order valence-corrected chi connectivity index (χ3v) is 8.57. The van der Waals surface area contributed by atoms with Crippen LogP contribution in [-0.2, 0) is 16.1 Å². The topological polar surface area (TPSA) is 90.0 Å². The van der Waals surface area contributed by atoms with Crippen molar-refractivity contribution in [2.75, 3.05) is 19.6 Å². The summed E-state index contributed by atoms with van der Waals surface area (Å²) in [7, 11) is 0. The first kappa shape index (κ1) is 26.9. The zero-order valence-corrected chi connectivity index (χ0v) is 23.4. The van der Waals surface area contributed by atoms with Gasteiger partial charge in [-0.2, -0.15) is 0 Å². The van der Waals surface area contributed by atoms with Gasteiger partial charge in [-0.05, 0) is 55.2 Å². The molecule has 6 rings (SSSR count). The summed E-state index contributed by atoms with van der Waals surface area (Å²) in [6.45, 7) is 6.46. The first-order valence-electron chi connectivity index (χ1n) is 14.2. The van der Waals surface area contributed by atoms with Crippen LogP contribution in [0.3, 0.4) is 0 Å². The number of benzene rings is 3. The van der Waals surface area contributed by atoms with E-state index in [1.807, 2.05) is 17.0 Å². The van der Waals surface area contributed by atoms with Gasteiger partial charge in [0.1, 0.15) is 6.04 Å². The predicted molar refractivity (Wildman–Crippen MR) is 154 cm³/mol. The molecule has 210 valence electrons. The average molecular weight is 551 g/mol. The Morgan fingerprint density at radius 2 is 1.56 bits per heavy atom. The van der Waals surface area contributed by atoms with Crippen molar-refractivity contribution < 1.29 is 19.2 Å². The van der Waals surface area contributed by atoms with Gasteiger partial charge in [0.25, 0.3) is 11.8 Å². The second-order valence-electron chi connectivity index (χ2n) is 11.7. The third kappa shape index (κ3) is 5.04. The van der Waals surface area contributed by atoms with Crippen LogP contribution >= 0.6 is 0 Å². The first-order chi connectivity index (χ1) is 19.7. The summed E-state index contributed by atoms with van der Waals surface area (Å²) in [6, 6.07) is 25.6. The fraction of sp³-hybridized carbons (Fsp3) is 0.333. The lowest BCUT2D eigenvalue weighted by molar-refractivity contribution is -0.136. The van der Waals surface area contributed by atoms with Crippen molar-refractivity contribution in [3.63, 3.8) is 0 Å². The molecule has 4 amide bonds. The zero-order chi connectivity index (χ0) is 28.7. The Balaban J connectivity index is 1.20. The van der Waals surface area contributed by atoms with E-state index in [1.165, 1.54) is 16.0 Å². The second kappa shape index (κ2) is 10.6. The summed E-state index contributed by atoms with van der Waals surface area (Å²) in [5.74, 6) is -1.06. The van der Waals surface area contributed by atoms with Gasteiger partial charge in [0.05, 0.1) is 6.04 Å². The molecule has 0 bridgehead atoms. The second-order valence-corrected chi connectivity index (χ2v) is 11.7. The number of amides is 4. The molecule has 8 heteroatoms. The number of carbonyl (C=O) groups excluding carboxylic acids is 4. The molecule has 3 aliphatic rings. The summed E-state index contributed by atoms with van der Waals surface area (Å²) in [6.07, 6.45) is 0.514. The molecule has 1 N–H and O–H groups in total. The highest BCUT2D eigenvalue weighted by Crippen LogP contribution is 2.37. The van der Waals surface area contributed by atoms with Crippen LogP contribution in [0, 0.1) is 0 Å². The maximum atomic E-state index is 13.8. The molecule has 3 heterocycles. The van der Waals surface area contributed by atoms with E-state index in [9.17, 15) is 19.2 Å². The molecule has 0 saturated carbocycles. The van der Waals surface area contributed by atoms with E-state index in [0.29, 0.717) is 37.2 Å². The highest BCUT2D eigenvalue weighted by atomic mass is 16.2. The summed E-state index contributed by atoms with van der Waals surface area (Å²) >= 11 is 0. The fourth-order valence-electron chi connectivity index (χ4n) is 6.53. The van der Waals surface area contributed by atoms with Crippen LogP contribution in [0.5, 0.6) is 0 Å². The van der Waals surface area contributed by atoms with Crippen LogP contribution < -0.4 is 5.32 Å². The van der Waals surface area contributed by atoms with E-state index in [1.54, 1.807) is 18.2 Å². The number of hydrogen-bond donors (Lipinski definition) is 1. The standard InChI is InChI=1S/C33H34N4O4/c1-33(2)21-35(17-18-37(33)29(22-9-5-3-6-10-22)23-11-7-4-8-12-23)31(40)24-13-14-26-25(19-24)20-36(32(26)41)27-15-16-28(38)34-30(27)39/h3-14,19,27,29H,15-18,20-21H2,1-2H3,(H,34,38,39). The van der Waals surface area contributed by atoms with Gasteiger partial charge in [0.2, 0.25) is 11.8 Å². The van der Waals surface area contributed by atoms with Gasteiger partial charge < -0.3 is 9.80 Å². The minimum Gasteiger partial charge on any atom is -0.336 e. The number of hydrogen-bond acceptors (Lipinski definition) is 5. The number of piperidine rings is 1. The summed E-state index contributed by atoms with van der Waals surface area (Å²) in [4.78, 5) is 56.7. The Bertz CT molecular complexity index is 1460. The Hall–Kier alpha value is -4.30. The lowest BCUT2D eigenvalue weighted by Gasteiger charge is -2.50. The molecule has 2 fully saturated rings. The Morgan fingerprint density at radius 3 is 2.17 bits per heavy atom. The van der Waals surface area contributed by atoms with Gasteiger partial charge >= 0.3 is 0 Å².